The fourth-order valence-electron chi connectivity index (χ4n) is 2.67. The number of anilines is 1. The third-order valence-corrected chi connectivity index (χ3v) is 5.56. The van der Waals surface area contributed by atoms with Crippen LogP contribution in [-0.4, -0.2) is 26.3 Å². The Morgan fingerprint density at radius 2 is 2.00 bits per heavy atom. The number of sulfonamides is 1. The third-order valence-electron chi connectivity index (χ3n) is 3.77. The van der Waals surface area contributed by atoms with Gasteiger partial charge in [-0.25, -0.2) is 12.7 Å². The maximum absolute atomic E-state index is 12.3. The molecule has 0 atom stereocenters. The van der Waals surface area contributed by atoms with Gasteiger partial charge in [0.2, 0.25) is 10.0 Å². The lowest BCUT2D eigenvalue weighted by Gasteiger charge is -2.20. The number of nitrogens with zero attached hydrogens (tertiary/aromatic N) is 1. The predicted octanol–water partition coefficient (Wildman–Crippen LogP) is 2.22. The molecule has 0 saturated heterocycles. The number of hydrogen-bond acceptors (Lipinski definition) is 3. The van der Waals surface area contributed by atoms with Crippen molar-refractivity contribution in [2.45, 2.75) is 31.4 Å². The summed E-state index contributed by atoms with van der Waals surface area (Å²) in [6.07, 6.45) is 4.76. The molecule has 2 rings (SSSR count). The molecule has 0 amide bonds. The van der Waals surface area contributed by atoms with Crippen LogP contribution in [0.1, 0.15) is 31.2 Å². The van der Waals surface area contributed by atoms with Crippen molar-refractivity contribution in [1.82, 2.24) is 4.31 Å². The van der Waals surface area contributed by atoms with Gasteiger partial charge >= 0.3 is 0 Å². The average molecular weight is 282 g/mol. The zero-order chi connectivity index (χ0) is 13.9. The summed E-state index contributed by atoms with van der Waals surface area (Å²) >= 11 is 0. The van der Waals surface area contributed by atoms with Crippen molar-refractivity contribution in [2.24, 2.45) is 5.92 Å². The molecule has 0 aliphatic heterocycles. The SMILES string of the molecule is CN(CC1CCCC1)S(=O)(=O)Cc1cccc(N)c1. The van der Waals surface area contributed by atoms with Gasteiger partial charge in [-0.15, -0.1) is 0 Å². The first-order chi connectivity index (χ1) is 8.97. The average Bonchev–Trinajstić information content (AvgIpc) is 2.81. The monoisotopic (exact) mass is 282 g/mol. The van der Waals surface area contributed by atoms with E-state index in [1.807, 2.05) is 0 Å². The lowest BCUT2D eigenvalue weighted by atomic mass is 10.1. The van der Waals surface area contributed by atoms with Crippen molar-refractivity contribution in [3.63, 3.8) is 0 Å². The van der Waals surface area contributed by atoms with Gasteiger partial charge in [-0.2, -0.15) is 0 Å². The second kappa shape index (κ2) is 5.92. The standard InChI is InChI=1S/C14H22N2O2S/c1-16(10-12-5-2-3-6-12)19(17,18)11-13-7-4-8-14(15)9-13/h4,7-9,12H,2-3,5-6,10-11,15H2,1H3. The van der Waals surface area contributed by atoms with Crippen LogP contribution in [0.2, 0.25) is 0 Å². The minimum absolute atomic E-state index is 0.0290. The van der Waals surface area contributed by atoms with Crippen molar-refractivity contribution in [2.75, 3.05) is 19.3 Å². The molecule has 1 fully saturated rings. The topological polar surface area (TPSA) is 63.4 Å². The smallest absolute Gasteiger partial charge is 0.218 e. The Hall–Kier alpha value is -1.07. The van der Waals surface area contributed by atoms with Crippen molar-refractivity contribution < 1.29 is 8.42 Å². The molecule has 0 spiro atoms. The van der Waals surface area contributed by atoms with Gasteiger partial charge in [0.15, 0.2) is 0 Å². The Bertz CT molecular complexity index is 522. The van der Waals surface area contributed by atoms with Crippen LogP contribution < -0.4 is 5.73 Å². The molecule has 0 bridgehead atoms. The van der Waals surface area contributed by atoms with Crippen LogP contribution in [-0.2, 0) is 15.8 Å². The predicted molar refractivity (Wildman–Crippen MR) is 78.1 cm³/mol. The van der Waals surface area contributed by atoms with Gasteiger partial charge in [0.25, 0.3) is 0 Å². The molecule has 5 heteroatoms. The van der Waals surface area contributed by atoms with E-state index in [0.717, 1.165) is 18.4 Å². The maximum atomic E-state index is 12.3. The highest BCUT2D eigenvalue weighted by molar-refractivity contribution is 7.88. The molecule has 1 saturated carbocycles. The van der Waals surface area contributed by atoms with Crippen LogP contribution in [0.15, 0.2) is 24.3 Å². The summed E-state index contributed by atoms with van der Waals surface area (Å²) in [5.74, 6) is 0.557. The van der Waals surface area contributed by atoms with Crippen molar-refractivity contribution in [3.05, 3.63) is 29.8 Å². The molecule has 1 aliphatic rings. The fraction of sp³-hybridized carbons (Fsp3) is 0.571. The Morgan fingerprint density at radius 1 is 1.32 bits per heavy atom. The molecular formula is C14H22N2O2S. The summed E-state index contributed by atoms with van der Waals surface area (Å²) in [6, 6.07) is 7.08. The minimum atomic E-state index is -3.24. The molecule has 106 valence electrons. The molecule has 0 radical (unpaired) electrons. The zero-order valence-electron chi connectivity index (χ0n) is 11.4. The summed E-state index contributed by atoms with van der Waals surface area (Å²) < 4.78 is 26.1. The van der Waals surface area contributed by atoms with E-state index in [-0.39, 0.29) is 5.75 Å². The molecule has 1 aromatic rings. The van der Waals surface area contributed by atoms with Crippen LogP contribution in [0, 0.1) is 5.92 Å². The molecule has 0 unspecified atom stereocenters. The number of hydrogen-bond donors (Lipinski definition) is 1. The molecule has 0 aromatic heterocycles. The summed E-state index contributed by atoms with van der Waals surface area (Å²) in [5.41, 5.74) is 7.03. The first-order valence-corrected chi connectivity index (χ1v) is 8.37. The van der Waals surface area contributed by atoms with E-state index in [0.29, 0.717) is 18.2 Å². The van der Waals surface area contributed by atoms with Gasteiger partial charge in [-0.05, 0) is 36.5 Å². The van der Waals surface area contributed by atoms with E-state index in [1.165, 1.54) is 17.1 Å². The lowest BCUT2D eigenvalue weighted by Crippen LogP contribution is -2.32. The summed E-state index contributed by atoms with van der Waals surface area (Å²) in [5, 5.41) is 0. The first-order valence-electron chi connectivity index (χ1n) is 6.76. The number of nitrogens with two attached hydrogens (primary N) is 1. The van der Waals surface area contributed by atoms with Gasteiger partial charge in [-0.3, -0.25) is 0 Å². The summed E-state index contributed by atoms with van der Waals surface area (Å²) in [6.45, 7) is 0.644. The Kier molecular flexibility index (Phi) is 4.47. The van der Waals surface area contributed by atoms with Gasteiger partial charge in [0.05, 0.1) is 5.75 Å². The second-order valence-electron chi connectivity index (χ2n) is 5.43. The molecule has 1 aliphatic carbocycles. The molecule has 1 aromatic carbocycles. The fourth-order valence-corrected chi connectivity index (χ4v) is 3.93. The first kappa shape index (κ1) is 14.3. The van der Waals surface area contributed by atoms with Crippen LogP contribution in [0.25, 0.3) is 0 Å². The normalized spacial score (nSPS) is 17.2. The Balaban J connectivity index is 2.00. The van der Waals surface area contributed by atoms with Gasteiger partial charge in [-0.1, -0.05) is 25.0 Å². The largest absolute Gasteiger partial charge is 0.399 e. The van der Waals surface area contributed by atoms with E-state index in [9.17, 15) is 8.42 Å². The van der Waals surface area contributed by atoms with Gasteiger partial charge in [0, 0.05) is 19.3 Å². The lowest BCUT2D eigenvalue weighted by molar-refractivity contribution is 0.387. The highest BCUT2D eigenvalue weighted by atomic mass is 32.2. The van der Waals surface area contributed by atoms with E-state index < -0.39 is 10.0 Å². The highest BCUT2D eigenvalue weighted by Gasteiger charge is 2.24. The molecular weight excluding hydrogens is 260 g/mol. The van der Waals surface area contributed by atoms with E-state index in [4.69, 9.17) is 5.73 Å². The maximum Gasteiger partial charge on any atom is 0.218 e. The quantitative estimate of drug-likeness (QED) is 0.842. The van der Waals surface area contributed by atoms with Crippen molar-refractivity contribution >= 4 is 15.7 Å². The summed E-state index contributed by atoms with van der Waals surface area (Å²) in [4.78, 5) is 0. The molecule has 19 heavy (non-hydrogen) atoms. The molecule has 2 N–H and O–H groups in total. The Morgan fingerprint density at radius 3 is 2.63 bits per heavy atom. The van der Waals surface area contributed by atoms with Crippen LogP contribution in [0.5, 0.6) is 0 Å². The van der Waals surface area contributed by atoms with E-state index >= 15 is 0 Å². The van der Waals surface area contributed by atoms with Gasteiger partial charge < -0.3 is 5.73 Å². The summed E-state index contributed by atoms with van der Waals surface area (Å²) in [7, 11) is -1.56. The van der Waals surface area contributed by atoms with Crippen molar-refractivity contribution in [1.29, 1.82) is 0 Å². The molecule has 0 heterocycles. The van der Waals surface area contributed by atoms with Crippen molar-refractivity contribution in [3.8, 4) is 0 Å². The van der Waals surface area contributed by atoms with E-state index in [1.54, 1.807) is 31.3 Å². The minimum Gasteiger partial charge on any atom is -0.399 e. The number of nitrogen functional groups attached to an aromatic ring is 1. The highest BCUT2D eigenvalue weighted by Crippen LogP contribution is 2.26. The van der Waals surface area contributed by atoms with Crippen LogP contribution in [0.4, 0.5) is 5.69 Å². The third kappa shape index (κ3) is 3.94. The second-order valence-corrected chi connectivity index (χ2v) is 7.51. The Labute approximate surface area is 115 Å². The van der Waals surface area contributed by atoms with Gasteiger partial charge in [0.1, 0.15) is 0 Å². The number of rotatable bonds is 5. The zero-order valence-corrected chi connectivity index (χ0v) is 12.2. The molecule has 4 nitrogen and oxygen atoms in total. The van der Waals surface area contributed by atoms with Crippen LogP contribution in [0.3, 0.4) is 0 Å². The number of benzene rings is 1. The van der Waals surface area contributed by atoms with Crippen LogP contribution >= 0.6 is 0 Å². The van der Waals surface area contributed by atoms with E-state index in [2.05, 4.69) is 0 Å².